The number of carbonyl (C=O) groups is 1. The minimum Gasteiger partial charge on any atom is -0.332 e. The Hall–Kier alpha value is -3.20. The summed E-state index contributed by atoms with van der Waals surface area (Å²) in [5.41, 5.74) is 1.80. The molecule has 3 aromatic rings. The average Bonchev–Trinajstić information content (AvgIpc) is 2.79. The average molecular weight is 486 g/mol. The first-order valence-electron chi connectivity index (χ1n) is 9.46. The SMILES string of the molecule is CN(c1ccccc1)S(=O)(=O)c1ccc(NC(=S)NC(=O)/C=C/c2ccccc2Cl)cc1. The van der Waals surface area contributed by atoms with E-state index in [-0.39, 0.29) is 10.0 Å². The third-order valence-corrected chi connectivity index (χ3v) is 6.79. The number of sulfonamides is 1. The van der Waals surface area contributed by atoms with Crippen molar-refractivity contribution in [2.24, 2.45) is 0 Å². The van der Waals surface area contributed by atoms with Crippen LogP contribution in [0.2, 0.25) is 5.02 Å². The van der Waals surface area contributed by atoms with Crippen LogP contribution in [0.25, 0.3) is 6.08 Å². The Balaban J connectivity index is 1.61. The van der Waals surface area contributed by atoms with Crippen LogP contribution in [0.3, 0.4) is 0 Å². The summed E-state index contributed by atoms with van der Waals surface area (Å²) in [5, 5.41) is 5.99. The van der Waals surface area contributed by atoms with Gasteiger partial charge in [-0.05, 0) is 66.3 Å². The lowest BCUT2D eigenvalue weighted by Crippen LogP contribution is -2.32. The van der Waals surface area contributed by atoms with Crippen molar-refractivity contribution in [3.05, 3.63) is 95.5 Å². The molecular weight excluding hydrogens is 466 g/mol. The summed E-state index contributed by atoms with van der Waals surface area (Å²) in [5.74, 6) is -0.425. The molecular formula is C23H20ClN3O3S2. The summed E-state index contributed by atoms with van der Waals surface area (Å²) in [6, 6.07) is 22.0. The fourth-order valence-electron chi connectivity index (χ4n) is 2.74. The van der Waals surface area contributed by atoms with Crippen LogP contribution >= 0.6 is 23.8 Å². The number of nitrogens with one attached hydrogen (secondary N) is 2. The normalized spacial score (nSPS) is 11.2. The van der Waals surface area contributed by atoms with Crippen molar-refractivity contribution in [3.63, 3.8) is 0 Å². The molecule has 0 aliphatic rings. The smallest absolute Gasteiger partial charge is 0.264 e. The first kappa shape index (κ1) is 23.5. The van der Waals surface area contributed by atoms with E-state index in [1.807, 2.05) is 12.1 Å². The molecule has 164 valence electrons. The van der Waals surface area contributed by atoms with E-state index < -0.39 is 15.9 Å². The largest absolute Gasteiger partial charge is 0.332 e. The van der Waals surface area contributed by atoms with Crippen LogP contribution in [0.15, 0.2) is 89.8 Å². The Morgan fingerprint density at radius 3 is 2.25 bits per heavy atom. The standard InChI is InChI=1S/C23H20ClN3O3S2/c1-27(19-8-3-2-4-9-19)32(29,30)20-14-12-18(13-15-20)25-23(31)26-22(28)16-11-17-7-5-6-10-21(17)24/h2-16H,1H3,(H2,25,26,28,31)/b16-11+. The van der Waals surface area contributed by atoms with Gasteiger partial charge in [0, 0.05) is 23.8 Å². The maximum atomic E-state index is 12.8. The number of halogens is 1. The Labute approximate surface area is 197 Å². The van der Waals surface area contributed by atoms with Gasteiger partial charge in [0.05, 0.1) is 10.6 Å². The minimum absolute atomic E-state index is 0.0795. The molecule has 0 radical (unpaired) electrons. The number of amides is 1. The van der Waals surface area contributed by atoms with E-state index in [1.54, 1.807) is 60.7 Å². The highest BCUT2D eigenvalue weighted by Crippen LogP contribution is 2.23. The number of anilines is 2. The van der Waals surface area contributed by atoms with Crippen molar-refractivity contribution in [2.45, 2.75) is 4.90 Å². The van der Waals surface area contributed by atoms with E-state index in [0.29, 0.717) is 22.0 Å². The molecule has 2 N–H and O–H groups in total. The molecule has 9 heteroatoms. The molecule has 3 rings (SSSR count). The third-order valence-electron chi connectivity index (χ3n) is 4.45. The fourth-order valence-corrected chi connectivity index (χ4v) is 4.35. The summed E-state index contributed by atoms with van der Waals surface area (Å²) >= 11 is 11.2. The third kappa shape index (κ3) is 5.94. The van der Waals surface area contributed by atoms with Crippen LogP contribution in [0, 0.1) is 0 Å². The predicted molar refractivity (Wildman–Crippen MR) is 133 cm³/mol. The van der Waals surface area contributed by atoms with Gasteiger partial charge >= 0.3 is 0 Å². The number of hydrogen-bond donors (Lipinski definition) is 2. The van der Waals surface area contributed by atoms with Crippen LogP contribution in [-0.4, -0.2) is 26.5 Å². The van der Waals surface area contributed by atoms with Crippen molar-refractivity contribution in [3.8, 4) is 0 Å². The molecule has 0 unspecified atom stereocenters. The lowest BCUT2D eigenvalue weighted by Gasteiger charge is -2.19. The van der Waals surface area contributed by atoms with Gasteiger partial charge in [-0.2, -0.15) is 0 Å². The summed E-state index contributed by atoms with van der Waals surface area (Å²) in [4.78, 5) is 12.2. The molecule has 0 bridgehead atoms. The molecule has 1 amide bonds. The number of para-hydroxylation sites is 1. The monoisotopic (exact) mass is 485 g/mol. The Bertz CT molecular complexity index is 1240. The summed E-state index contributed by atoms with van der Waals surface area (Å²) in [6.07, 6.45) is 2.91. The van der Waals surface area contributed by atoms with Gasteiger partial charge in [0.25, 0.3) is 10.0 Å². The molecule has 0 aromatic heterocycles. The molecule has 0 aliphatic carbocycles. The zero-order valence-corrected chi connectivity index (χ0v) is 19.4. The molecule has 0 fully saturated rings. The molecule has 0 heterocycles. The van der Waals surface area contributed by atoms with Gasteiger partial charge in [0.1, 0.15) is 0 Å². The predicted octanol–water partition coefficient (Wildman–Crippen LogP) is 4.69. The molecule has 0 saturated carbocycles. The highest BCUT2D eigenvalue weighted by molar-refractivity contribution is 7.92. The second kappa shape index (κ2) is 10.4. The van der Waals surface area contributed by atoms with Gasteiger partial charge in [-0.3, -0.25) is 14.4 Å². The van der Waals surface area contributed by atoms with E-state index in [1.165, 1.54) is 29.6 Å². The second-order valence-corrected chi connectivity index (χ2v) is 9.42. The lowest BCUT2D eigenvalue weighted by atomic mass is 10.2. The first-order valence-corrected chi connectivity index (χ1v) is 11.7. The maximum Gasteiger partial charge on any atom is 0.264 e. The molecule has 0 spiro atoms. The van der Waals surface area contributed by atoms with Crippen molar-refractivity contribution in [1.82, 2.24) is 5.32 Å². The molecule has 0 aliphatic heterocycles. The van der Waals surface area contributed by atoms with Crippen molar-refractivity contribution in [1.29, 1.82) is 0 Å². The van der Waals surface area contributed by atoms with Gasteiger partial charge in [0.15, 0.2) is 5.11 Å². The van der Waals surface area contributed by atoms with Crippen LogP contribution in [0.1, 0.15) is 5.56 Å². The van der Waals surface area contributed by atoms with Crippen LogP contribution in [-0.2, 0) is 14.8 Å². The molecule has 6 nitrogen and oxygen atoms in total. The van der Waals surface area contributed by atoms with E-state index in [0.717, 1.165) is 0 Å². The molecule has 0 atom stereocenters. The van der Waals surface area contributed by atoms with Gasteiger partial charge in [-0.15, -0.1) is 0 Å². The number of nitrogens with zero attached hydrogens (tertiary/aromatic N) is 1. The number of thiocarbonyl (C=S) groups is 1. The maximum absolute atomic E-state index is 12.8. The fraction of sp³-hybridized carbons (Fsp3) is 0.0435. The number of hydrogen-bond acceptors (Lipinski definition) is 4. The number of carbonyl (C=O) groups excluding carboxylic acids is 1. The Morgan fingerprint density at radius 1 is 0.969 bits per heavy atom. The van der Waals surface area contributed by atoms with Crippen LogP contribution in [0.5, 0.6) is 0 Å². The highest BCUT2D eigenvalue weighted by atomic mass is 35.5. The topological polar surface area (TPSA) is 78.5 Å². The van der Waals surface area contributed by atoms with E-state index in [2.05, 4.69) is 10.6 Å². The minimum atomic E-state index is -3.71. The summed E-state index contributed by atoms with van der Waals surface area (Å²) < 4.78 is 26.9. The quantitative estimate of drug-likeness (QED) is 0.391. The van der Waals surface area contributed by atoms with Gasteiger partial charge in [0.2, 0.25) is 5.91 Å². The molecule has 0 saturated heterocycles. The molecule has 3 aromatic carbocycles. The van der Waals surface area contributed by atoms with Crippen LogP contribution in [0.4, 0.5) is 11.4 Å². The highest BCUT2D eigenvalue weighted by Gasteiger charge is 2.21. The number of benzene rings is 3. The van der Waals surface area contributed by atoms with E-state index in [4.69, 9.17) is 23.8 Å². The number of rotatable bonds is 6. The van der Waals surface area contributed by atoms with Gasteiger partial charge in [-0.1, -0.05) is 48.0 Å². The Kier molecular flexibility index (Phi) is 7.63. The van der Waals surface area contributed by atoms with Gasteiger partial charge < -0.3 is 5.32 Å². The molecule has 32 heavy (non-hydrogen) atoms. The van der Waals surface area contributed by atoms with E-state index in [9.17, 15) is 13.2 Å². The first-order chi connectivity index (χ1) is 15.3. The zero-order chi connectivity index (χ0) is 23.1. The van der Waals surface area contributed by atoms with Crippen molar-refractivity contribution < 1.29 is 13.2 Å². The van der Waals surface area contributed by atoms with Crippen molar-refractivity contribution in [2.75, 3.05) is 16.7 Å². The zero-order valence-electron chi connectivity index (χ0n) is 17.0. The summed E-state index contributed by atoms with van der Waals surface area (Å²) in [6.45, 7) is 0. The summed E-state index contributed by atoms with van der Waals surface area (Å²) in [7, 11) is -2.21. The second-order valence-electron chi connectivity index (χ2n) is 6.63. The van der Waals surface area contributed by atoms with Gasteiger partial charge in [-0.25, -0.2) is 8.42 Å². The van der Waals surface area contributed by atoms with E-state index >= 15 is 0 Å². The van der Waals surface area contributed by atoms with Crippen LogP contribution < -0.4 is 14.9 Å². The lowest BCUT2D eigenvalue weighted by molar-refractivity contribution is -0.115. The Morgan fingerprint density at radius 2 is 1.59 bits per heavy atom. The van der Waals surface area contributed by atoms with Crippen molar-refractivity contribution >= 4 is 62.3 Å².